The van der Waals surface area contributed by atoms with Crippen LogP contribution < -0.4 is 10.6 Å². The molecule has 1 aliphatic rings. The van der Waals surface area contributed by atoms with Gasteiger partial charge in [0.05, 0.1) is 68.1 Å². The summed E-state index contributed by atoms with van der Waals surface area (Å²) in [5, 5.41) is 23.7. The molecule has 1 aromatic carbocycles. The summed E-state index contributed by atoms with van der Waals surface area (Å²) in [5.41, 5.74) is 1.20. The van der Waals surface area contributed by atoms with Crippen molar-refractivity contribution in [3.63, 3.8) is 0 Å². The molecule has 4 amide bonds. The van der Waals surface area contributed by atoms with E-state index in [0.29, 0.717) is 25.1 Å². The monoisotopic (exact) mass is 831 g/mol. The minimum Gasteiger partial charge on any atom is -0.390 e. The molecule has 1 saturated heterocycles. The Morgan fingerprint density at radius 1 is 0.966 bits per heavy atom. The third kappa shape index (κ3) is 13.2. The lowest BCUT2D eigenvalue weighted by atomic mass is 9.89. The molecule has 0 aliphatic carbocycles. The van der Waals surface area contributed by atoms with Crippen LogP contribution in [0.1, 0.15) is 85.4 Å². The Labute approximate surface area is 350 Å². The number of methoxy groups -OCH3 is 2. The lowest BCUT2D eigenvalue weighted by Gasteiger charge is -2.41. The van der Waals surface area contributed by atoms with Crippen molar-refractivity contribution in [1.29, 1.82) is 0 Å². The second kappa shape index (κ2) is 23.1. The van der Waals surface area contributed by atoms with Crippen molar-refractivity contribution in [3.05, 3.63) is 47.5 Å². The Hall–Kier alpha value is -3.99. The summed E-state index contributed by atoms with van der Waals surface area (Å²) in [6, 6.07) is 3.55. The molecule has 332 valence electrons. The van der Waals surface area contributed by atoms with Gasteiger partial charge in [0, 0.05) is 27.8 Å². The van der Waals surface area contributed by atoms with Crippen molar-refractivity contribution in [2.45, 2.75) is 136 Å². The second-order valence-corrected chi connectivity index (χ2v) is 17.1. The van der Waals surface area contributed by atoms with E-state index in [0.717, 1.165) is 18.4 Å². The Kier molecular flexibility index (Phi) is 19.4. The molecule has 1 aromatic heterocycles. The van der Waals surface area contributed by atoms with Crippen LogP contribution in [0, 0.1) is 29.5 Å². The molecule has 2 unspecified atom stereocenters. The van der Waals surface area contributed by atoms with Gasteiger partial charge in [-0.25, -0.2) is 4.39 Å². The van der Waals surface area contributed by atoms with E-state index in [1.165, 1.54) is 12.1 Å². The zero-order valence-electron chi connectivity index (χ0n) is 37.4. The second-order valence-electron chi connectivity index (χ2n) is 17.1. The SMILES string of the molecule is CC[C@H](C)[C@@H](C(CC(=O)N1CCC[C@H]1[C@@H](OC)C(C)C(=O)N[C@H](Cc1ccc(F)cc1)Cn1cc(CO)nn1)OC)N(C)C(=O)[C@@H](NC(=O)[C@H](C(C)C)N(C)C)C(C)C. The molecule has 0 spiro atoms. The van der Waals surface area contributed by atoms with Gasteiger partial charge in [0.15, 0.2) is 0 Å². The summed E-state index contributed by atoms with van der Waals surface area (Å²) in [7, 11) is 8.51. The number of ether oxygens (including phenoxy) is 2. The van der Waals surface area contributed by atoms with Crippen molar-refractivity contribution < 1.29 is 38.1 Å². The highest BCUT2D eigenvalue weighted by atomic mass is 19.1. The number of benzene rings is 1. The molecular weight excluding hydrogens is 760 g/mol. The number of carbonyl (C=O) groups is 4. The molecule has 0 bridgehead atoms. The number of rotatable bonds is 23. The first-order chi connectivity index (χ1) is 27.9. The Balaban J connectivity index is 1.80. The zero-order valence-corrected chi connectivity index (χ0v) is 37.4. The number of aliphatic hydroxyl groups excluding tert-OH is 1. The average Bonchev–Trinajstić information content (AvgIpc) is 3.87. The number of carbonyl (C=O) groups excluding carboxylic acids is 4. The topological polar surface area (TPSA) is 171 Å². The number of aromatic nitrogens is 3. The molecule has 3 N–H and O–H groups in total. The van der Waals surface area contributed by atoms with Crippen molar-refractivity contribution in [2.24, 2.45) is 23.7 Å². The van der Waals surface area contributed by atoms with Gasteiger partial charge in [-0.2, -0.15) is 0 Å². The first kappa shape index (κ1) is 49.4. The number of likely N-dealkylation sites (tertiary alicyclic amines) is 1. The number of nitrogens with one attached hydrogen (secondary N) is 2. The number of amides is 4. The maximum atomic E-state index is 14.3. The van der Waals surface area contributed by atoms with E-state index in [-0.39, 0.29) is 66.8 Å². The van der Waals surface area contributed by atoms with Gasteiger partial charge >= 0.3 is 0 Å². The van der Waals surface area contributed by atoms with Crippen LogP contribution in [-0.2, 0) is 48.2 Å². The maximum Gasteiger partial charge on any atom is 0.245 e. The third-order valence-corrected chi connectivity index (χ3v) is 11.8. The predicted octanol–water partition coefficient (Wildman–Crippen LogP) is 3.28. The molecule has 0 saturated carbocycles. The van der Waals surface area contributed by atoms with E-state index in [1.807, 2.05) is 60.5 Å². The van der Waals surface area contributed by atoms with Crippen molar-refractivity contribution in [1.82, 2.24) is 40.3 Å². The van der Waals surface area contributed by atoms with Gasteiger partial charge in [-0.1, -0.05) is 72.2 Å². The summed E-state index contributed by atoms with van der Waals surface area (Å²) in [5.74, 6) is -2.15. The summed E-state index contributed by atoms with van der Waals surface area (Å²) in [6.45, 7) is 14.1. The minimum absolute atomic E-state index is 0.00112. The largest absolute Gasteiger partial charge is 0.390 e. The van der Waals surface area contributed by atoms with E-state index in [4.69, 9.17) is 9.47 Å². The molecule has 1 fully saturated rings. The number of halogens is 1. The number of hydrogen-bond donors (Lipinski definition) is 3. The Morgan fingerprint density at radius 3 is 2.15 bits per heavy atom. The number of aliphatic hydroxyl groups is 1. The highest BCUT2D eigenvalue weighted by molar-refractivity contribution is 5.90. The van der Waals surface area contributed by atoms with Gasteiger partial charge in [0.2, 0.25) is 23.6 Å². The summed E-state index contributed by atoms with van der Waals surface area (Å²) < 4.78 is 27.3. The van der Waals surface area contributed by atoms with Gasteiger partial charge in [-0.15, -0.1) is 5.10 Å². The van der Waals surface area contributed by atoms with Gasteiger partial charge in [-0.3, -0.25) is 28.8 Å². The van der Waals surface area contributed by atoms with E-state index < -0.39 is 48.3 Å². The summed E-state index contributed by atoms with van der Waals surface area (Å²) in [6.07, 6.45) is 2.77. The number of hydrogen-bond acceptors (Lipinski definition) is 10. The van der Waals surface area contributed by atoms with Crippen LogP contribution in [0.3, 0.4) is 0 Å². The highest BCUT2D eigenvalue weighted by Gasteiger charge is 2.43. The number of nitrogens with zero attached hydrogens (tertiary/aromatic N) is 6. The molecule has 15 nitrogen and oxygen atoms in total. The van der Waals surface area contributed by atoms with Crippen LogP contribution >= 0.6 is 0 Å². The average molecular weight is 831 g/mol. The van der Waals surface area contributed by atoms with E-state index in [9.17, 15) is 28.7 Å². The first-order valence-electron chi connectivity index (χ1n) is 21.0. The molecular formula is C43H71FN8O7. The number of likely N-dealkylation sites (N-methyl/N-ethyl adjacent to an activating group) is 2. The van der Waals surface area contributed by atoms with Crippen molar-refractivity contribution in [3.8, 4) is 0 Å². The van der Waals surface area contributed by atoms with Gasteiger partial charge < -0.3 is 35.0 Å². The lowest BCUT2D eigenvalue weighted by Crippen LogP contribution is -2.59. The van der Waals surface area contributed by atoms with Crippen molar-refractivity contribution in [2.75, 3.05) is 41.9 Å². The molecule has 59 heavy (non-hydrogen) atoms. The quantitative estimate of drug-likeness (QED) is 0.151. The third-order valence-electron chi connectivity index (χ3n) is 11.8. The van der Waals surface area contributed by atoms with E-state index >= 15 is 0 Å². The molecule has 3 rings (SSSR count). The van der Waals surface area contributed by atoms with Gasteiger partial charge in [0.25, 0.3) is 0 Å². The highest BCUT2D eigenvalue weighted by Crippen LogP contribution is 2.30. The fourth-order valence-corrected chi connectivity index (χ4v) is 8.54. The smallest absolute Gasteiger partial charge is 0.245 e. The maximum absolute atomic E-state index is 14.3. The van der Waals surface area contributed by atoms with E-state index in [2.05, 4.69) is 20.9 Å². The van der Waals surface area contributed by atoms with Crippen LogP contribution in [0.5, 0.6) is 0 Å². The van der Waals surface area contributed by atoms with Gasteiger partial charge in [0.1, 0.15) is 17.6 Å². The van der Waals surface area contributed by atoms with Gasteiger partial charge in [-0.05, 0) is 68.8 Å². The standard InChI is InChI=1S/C43H71FN8O7/c1-13-28(6)39(50(10)43(57)37(26(2)3)46-42(56)38(27(4)5)49(8)9)35(58-11)22-36(54)52-20-14-15-34(52)40(59-12)29(7)41(55)45-32(21-30-16-18-31(44)19-17-30)23-51-24-33(25-53)47-48-51/h16-19,24,26-29,32,34-35,37-40,53H,13-15,20-23,25H2,1-12H3,(H,45,55)(H,46,56)/t28-,29?,32+,34-,35?,37-,38-,39-,40-/m0/s1. The predicted molar refractivity (Wildman–Crippen MR) is 223 cm³/mol. The molecule has 1 aliphatic heterocycles. The Morgan fingerprint density at radius 2 is 1.63 bits per heavy atom. The normalized spacial score (nSPS) is 18.6. The minimum atomic E-state index is -0.781. The fraction of sp³-hybridized carbons (Fsp3) is 0.721. The fourth-order valence-electron chi connectivity index (χ4n) is 8.54. The first-order valence-corrected chi connectivity index (χ1v) is 21.0. The summed E-state index contributed by atoms with van der Waals surface area (Å²) >= 11 is 0. The molecule has 0 radical (unpaired) electrons. The van der Waals surface area contributed by atoms with Crippen LogP contribution in [-0.4, -0.2) is 143 Å². The molecule has 16 heteroatoms. The summed E-state index contributed by atoms with van der Waals surface area (Å²) in [4.78, 5) is 61.4. The van der Waals surface area contributed by atoms with Crippen molar-refractivity contribution >= 4 is 23.6 Å². The zero-order chi connectivity index (χ0) is 44.1. The van der Waals surface area contributed by atoms with Crippen LogP contribution in [0.4, 0.5) is 4.39 Å². The van der Waals surface area contributed by atoms with Crippen LogP contribution in [0.15, 0.2) is 30.5 Å². The molecule has 2 heterocycles. The van der Waals surface area contributed by atoms with E-state index in [1.54, 1.807) is 61.0 Å². The molecule has 2 aromatic rings. The Bertz CT molecular complexity index is 1630. The molecule has 9 atom stereocenters. The van der Waals surface area contributed by atoms with Crippen LogP contribution in [0.25, 0.3) is 0 Å². The lowest BCUT2D eigenvalue weighted by molar-refractivity contribution is -0.148. The van der Waals surface area contributed by atoms with Crippen LogP contribution in [0.2, 0.25) is 0 Å².